The first-order valence-electron chi connectivity index (χ1n) is 17.9. The quantitative estimate of drug-likeness (QED) is 0.0336. The molecule has 0 saturated carbocycles. The maximum Gasteiger partial charge on any atom is 0.328 e. The van der Waals surface area contributed by atoms with Crippen LogP contribution in [0.25, 0.3) is 0 Å². The smallest absolute Gasteiger partial charge is 0.324 e. The Bertz CT molecular complexity index is 593. The third-order valence-corrected chi connectivity index (χ3v) is 9.37. The number of rotatable bonds is 33. The Balaban J connectivity index is 0. The van der Waals surface area contributed by atoms with Crippen molar-refractivity contribution in [3.05, 3.63) is 24.3 Å². The fourth-order valence-electron chi connectivity index (χ4n) is 5.18. The fourth-order valence-corrected chi connectivity index (χ4v) is 6.35. The summed E-state index contributed by atoms with van der Waals surface area (Å²) >= 11 is 0. The number of hydrogen-bond acceptors (Lipinski definition) is 2. The predicted octanol–water partition coefficient (Wildman–Crippen LogP) is 13.3. The first-order chi connectivity index (χ1) is 19.6. The first kappa shape index (κ1) is 43.3. The molecule has 1 N–H and O–H groups in total. The van der Waals surface area contributed by atoms with E-state index in [1.807, 2.05) is 0 Å². The monoisotopic (exact) mass is 640 g/mol. The van der Waals surface area contributed by atoms with Crippen molar-refractivity contribution in [1.29, 1.82) is 0 Å². The van der Waals surface area contributed by atoms with E-state index in [-0.39, 0.29) is 16.5 Å². The van der Waals surface area contributed by atoms with E-state index in [0.29, 0.717) is 12.8 Å². The molecule has 0 heterocycles. The summed E-state index contributed by atoms with van der Waals surface area (Å²) in [5, 5.41) is 0. The Labute approximate surface area is 268 Å². The molecule has 1 atom stereocenters. The molecule has 3 nitrogen and oxygen atoms in total. The van der Waals surface area contributed by atoms with Gasteiger partial charge in [-0.25, -0.2) is 0 Å². The van der Waals surface area contributed by atoms with Gasteiger partial charge in [-0.05, 0) is 64.2 Å². The molecule has 1 unspecified atom stereocenters. The second-order valence-electron chi connectivity index (χ2n) is 12.1. The maximum absolute atomic E-state index is 12.2. The van der Waals surface area contributed by atoms with Crippen LogP contribution in [-0.2, 0) is 25.6 Å². The molecule has 0 aromatic rings. The molecule has 0 bridgehead atoms. The van der Waals surface area contributed by atoms with Gasteiger partial charge in [-0.3, -0.25) is 4.57 Å². The topological polar surface area (TPSA) is 46.5 Å². The van der Waals surface area contributed by atoms with E-state index < -0.39 is 7.60 Å². The van der Waals surface area contributed by atoms with Crippen LogP contribution in [0.4, 0.5) is 0 Å². The Hall–Kier alpha value is 0.124. The Morgan fingerprint density at radius 1 is 0.463 bits per heavy atom. The van der Waals surface area contributed by atoms with Crippen molar-refractivity contribution in [2.45, 2.75) is 194 Å². The van der Waals surface area contributed by atoms with Crippen LogP contribution in [0.3, 0.4) is 0 Å². The van der Waals surface area contributed by atoms with Gasteiger partial charge < -0.3 is 9.42 Å². The van der Waals surface area contributed by atoms with Gasteiger partial charge in [-0.2, -0.15) is 0 Å². The Kier molecular flexibility index (Phi) is 38.3. The van der Waals surface area contributed by atoms with Crippen LogP contribution in [0.2, 0.25) is 0 Å². The molecule has 0 aliphatic carbocycles. The average molecular weight is 642 g/mol. The zero-order valence-corrected chi connectivity index (χ0v) is 29.4. The zero-order valence-electron chi connectivity index (χ0n) is 27.5. The third kappa shape index (κ3) is 38.1. The van der Waals surface area contributed by atoms with Gasteiger partial charge in [0.15, 0.2) is 0 Å². The second-order valence-corrected chi connectivity index (χ2v) is 14.1. The van der Waals surface area contributed by atoms with E-state index >= 15 is 0 Å². The molecular formula is C36H71NiO3P. The Morgan fingerprint density at radius 2 is 0.756 bits per heavy atom. The molecule has 0 aliphatic heterocycles. The molecule has 0 fully saturated rings. The van der Waals surface area contributed by atoms with Crippen LogP contribution in [0.1, 0.15) is 194 Å². The van der Waals surface area contributed by atoms with E-state index in [4.69, 9.17) is 4.52 Å². The summed E-state index contributed by atoms with van der Waals surface area (Å²) in [6.07, 6.45) is 45.0. The van der Waals surface area contributed by atoms with Crippen molar-refractivity contribution < 1.29 is 30.5 Å². The van der Waals surface area contributed by atoms with Gasteiger partial charge in [-0.15, -0.1) is 0 Å². The zero-order chi connectivity index (χ0) is 29.2. The molecule has 0 aromatic heterocycles. The summed E-state index contributed by atoms with van der Waals surface area (Å²) in [5.74, 6) is 0. The molecule has 0 rings (SSSR count). The van der Waals surface area contributed by atoms with Gasteiger partial charge in [0, 0.05) is 22.7 Å². The number of unbranched alkanes of at least 4 members (excludes halogenated alkanes) is 24. The molecule has 0 aliphatic rings. The fraction of sp³-hybridized carbons (Fsp3) is 0.889. The Morgan fingerprint density at radius 3 is 1.12 bits per heavy atom. The first-order valence-corrected chi connectivity index (χ1v) is 19.6. The number of allylic oxidation sites excluding steroid dienone is 4. The van der Waals surface area contributed by atoms with Crippen LogP contribution in [0.5, 0.6) is 0 Å². The molecule has 0 spiro atoms. The maximum atomic E-state index is 12.2. The summed E-state index contributed by atoms with van der Waals surface area (Å²) in [5.41, 5.74) is 0. The van der Waals surface area contributed by atoms with Gasteiger partial charge in [-0.1, -0.05) is 154 Å². The molecule has 41 heavy (non-hydrogen) atoms. The van der Waals surface area contributed by atoms with Gasteiger partial charge >= 0.3 is 7.60 Å². The van der Waals surface area contributed by atoms with E-state index in [0.717, 1.165) is 32.1 Å². The normalized spacial score (nSPS) is 13.2. The summed E-state index contributed by atoms with van der Waals surface area (Å²) < 4.78 is 17.6. The van der Waals surface area contributed by atoms with Crippen LogP contribution >= 0.6 is 7.60 Å². The van der Waals surface area contributed by atoms with Crippen molar-refractivity contribution in [3.63, 3.8) is 0 Å². The van der Waals surface area contributed by atoms with Crippen molar-refractivity contribution in [2.24, 2.45) is 0 Å². The summed E-state index contributed by atoms with van der Waals surface area (Å²) in [7, 11) is -3.39. The minimum atomic E-state index is -3.39. The summed E-state index contributed by atoms with van der Waals surface area (Å²) in [6.45, 7) is 4.98. The molecule has 248 valence electrons. The van der Waals surface area contributed by atoms with Crippen LogP contribution in [-0.4, -0.2) is 17.7 Å². The molecule has 0 aromatic carbocycles. The third-order valence-electron chi connectivity index (χ3n) is 7.90. The minimum Gasteiger partial charge on any atom is -0.324 e. The van der Waals surface area contributed by atoms with Crippen LogP contribution < -0.4 is 0 Å². The molecule has 0 saturated heterocycles. The molecule has 0 radical (unpaired) electrons. The predicted molar refractivity (Wildman–Crippen MR) is 180 cm³/mol. The summed E-state index contributed by atoms with van der Waals surface area (Å²) in [4.78, 5) is 10.1. The van der Waals surface area contributed by atoms with Crippen LogP contribution in [0.15, 0.2) is 24.3 Å². The van der Waals surface area contributed by atoms with E-state index in [1.165, 1.54) is 148 Å². The summed E-state index contributed by atoms with van der Waals surface area (Å²) in [6, 6.07) is 0. The standard InChI is InChI=1S/C36H71O3P.Ni/c1-3-5-7-9-11-13-15-17-19-21-23-25-27-29-31-33-35-39-40(37,38)36-34-32-30-28-26-24-22-20-18-16-14-12-10-8-6-4-2;/h17-20H,3-16,21-36H2,1-2H3,(H,37,38);/b19-17-,20-18-;. The van der Waals surface area contributed by atoms with Crippen molar-refractivity contribution >= 4 is 7.60 Å². The largest absolute Gasteiger partial charge is 0.328 e. The van der Waals surface area contributed by atoms with Gasteiger partial charge in [0.1, 0.15) is 0 Å². The van der Waals surface area contributed by atoms with Gasteiger partial charge in [0.25, 0.3) is 0 Å². The van der Waals surface area contributed by atoms with E-state index in [9.17, 15) is 9.46 Å². The minimum absolute atomic E-state index is 0. The average Bonchev–Trinajstić information content (AvgIpc) is 2.94. The molecular weight excluding hydrogens is 570 g/mol. The van der Waals surface area contributed by atoms with Gasteiger partial charge in [0.2, 0.25) is 0 Å². The van der Waals surface area contributed by atoms with Crippen LogP contribution in [0, 0.1) is 0 Å². The van der Waals surface area contributed by atoms with E-state index in [2.05, 4.69) is 38.2 Å². The SMILES string of the molecule is CCCCCCCC/C=C\CCCCCCCCOP(=O)(O)CCCCCCCC/C=C\CCCCCCCC.[Ni]. The van der Waals surface area contributed by atoms with Crippen molar-refractivity contribution in [2.75, 3.05) is 12.8 Å². The molecule has 5 heteroatoms. The van der Waals surface area contributed by atoms with Crippen molar-refractivity contribution in [1.82, 2.24) is 0 Å². The van der Waals surface area contributed by atoms with Gasteiger partial charge in [0.05, 0.1) is 6.61 Å². The molecule has 0 amide bonds. The second kappa shape index (κ2) is 36.3. The number of hydrogen-bond donors (Lipinski definition) is 1. The van der Waals surface area contributed by atoms with E-state index in [1.54, 1.807) is 0 Å². The van der Waals surface area contributed by atoms with Crippen molar-refractivity contribution in [3.8, 4) is 0 Å².